The van der Waals surface area contributed by atoms with Gasteiger partial charge in [0.2, 0.25) is 10.0 Å². The second kappa shape index (κ2) is 6.35. The van der Waals surface area contributed by atoms with Gasteiger partial charge >= 0.3 is 5.69 Å². The Labute approximate surface area is 115 Å². The summed E-state index contributed by atoms with van der Waals surface area (Å²) < 4.78 is 23.3. The van der Waals surface area contributed by atoms with Crippen molar-refractivity contribution in [2.75, 3.05) is 11.5 Å². The van der Waals surface area contributed by atoms with Crippen LogP contribution in [0.3, 0.4) is 0 Å². The molecular formula is C9H16N4O4S2. The Hall–Kier alpha value is -1.13. The monoisotopic (exact) mass is 308 g/mol. The number of hydrogen-bond donors (Lipinski definition) is 1. The van der Waals surface area contributed by atoms with Gasteiger partial charge in [-0.3, -0.25) is 14.8 Å². The average Bonchev–Trinajstić information content (AvgIpc) is 2.54. The molecule has 0 aliphatic carbocycles. The highest BCUT2D eigenvalue weighted by molar-refractivity contribution is 8.00. The van der Waals surface area contributed by atoms with E-state index in [2.05, 4.69) is 5.10 Å². The Morgan fingerprint density at radius 3 is 2.63 bits per heavy atom. The third-order valence-electron chi connectivity index (χ3n) is 2.28. The molecule has 0 radical (unpaired) electrons. The van der Waals surface area contributed by atoms with Crippen molar-refractivity contribution < 1.29 is 13.3 Å². The van der Waals surface area contributed by atoms with Gasteiger partial charge in [-0.1, -0.05) is 18.7 Å². The number of hydrogen-bond acceptors (Lipinski definition) is 6. The lowest BCUT2D eigenvalue weighted by molar-refractivity contribution is -0.388. The molecule has 0 aliphatic heterocycles. The quantitative estimate of drug-likeness (QED) is 0.453. The molecule has 1 aromatic rings. The zero-order valence-electron chi connectivity index (χ0n) is 10.7. The van der Waals surface area contributed by atoms with E-state index < -0.39 is 14.9 Å². The third kappa shape index (κ3) is 4.48. The standard InChI is InChI=1S/C9H16N4O4S2/c1-3-4-12-9(18-5-6-19(10,16)17)8(13(14)15)7(2)11-12/h3-6H2,1-2H3,(H2,10,16,17). The third-order valence-corrected chi connectivity index (χ3v) is 4.39. The van der Waals surface area contributed by atoms with Crippen LogP contribution in [0.25, 0.3) is 0 Å². The van der Waals surface area contributed by atoms with Crippen LogP contribution in [0.1, 0.15) is 19.0 Å². The van der Waals surface area contributed by atoms with Crippen LogP contribution in [0.5, 0.6) is 0 Å². The van der Waals surface area contributed by atoms with Crippen LogP contribution in [0, 0.1) is 17.0 Å². The fourth-order valence-electron chi connectivity index (χ4n) is 1.52. The minimum atomic E-state index is -3.57. The fraction of sp³-hybridized carbons (Fsp3) is 0.667. The molecule has 0 aromatic carbocycles. The fourth-order valence-corrected chi connectivity index (χ4v) is 3.62. The first-order chi connectivity index (χ1) is 8.76. The van der Waals surface area contributed by atoms with E-state index in [0.29, 0.717) is 17.3 Å². The van der Waals surface area contributed by atoms with Gasteiger partial charge in [-0.05, 0) is 13.3 Å². The van der Waals surface area contributed by atoms with Crippen LogP contribution in [0.15, 0.2) is 5.03 Å². The van der Waals surface area contributed by atoms with Gasteiger partial charge in [-0.15, -0.1) is 0 Å². The van der Waals surface area contributed by atoms with E-state index in [0.717, 1.165) is 18.2 Å². The summed E-state index contributed by atoms with van der Waals surface area (Å²) >= 11 is 1.09. The van der Waals surface area contributed by atoms with Crippen LogP contribution in [-0.4, -0.2) is 34.6 Å². The number of rotatable bonds is 7. The van der Waals surface area contributed by atoms with E-state index in [1.165, 1.54) is 0 Å². The summed E-state index contributed by atoms with van der Waals surface area (Å²) in [5, 5.41) is 20.4. The van der Waals surface area contributed by atoms with E-state index in [1.807, 2.05) is 6.92 Å². The molecule has 19 heavy (non-hydrogen) atoms. The topological polar surface area (TPSA) is 121 Å². The van der Waals surface area contributed by atoms with E-state index in [1.54, 1.807) is 11.6 Å². The number of nitrogens with zero attached hydrogens (tertiary/aromatic N) is 3. The predicted octanol–water partition coefficient (Wildman–Crippen LogP) is 0.890. The molecule has 1 aromatic heterocycles. The number of aryl methyl sites for hydroxylation is 2. The van der Waals surface area contributed by atoms with E-state index >= 15 is 0 Å². The molecule has 1 heterocycles. The number of thioether (sulfide) groups is 1. The SMILES string of the molecule is CCCn1nc(C)c([N+](=O)[O-])c1SCCS(N)(=O)=O. The van der Waals surface area contributed by atoms with Crippen molar-refractivity contribution in [2.45, 2.75) is 31.8 Å². The Kier molecular flexibility index (Phi) is 5.32. The normalized spacial score (nSPS) is 11.7. The zero-order chi connectivity index (χ0) is 14.6. The lowest BCUT2D eigenvalue weighted by Gasteiger charge is -2.04. The smallest absolute Gasteiger partial charge is 0.258 e. The summed E-state index contributed by atoms with van der Waals surface area (Å²) in [5.74, 6) is -0.0697. The molecule has 0 fully saturated rings. The molecule has 0 amide bonds. The van der Waals surface area contributed by atoms with Gasteiger partial charge in [0.1, 0.15) is 5.69 Å². The average molecular weight is 308 g/mol. The van der Waals surface area contributed by atoms with Crippen molar-refractivity contribution in [1.82, 2.24) is 9.78 Å². The first-order valence-electron chi connectivity index (χ1n) is 5.61. The summed E-state index contributed by atoms with van der Waals surface area (Å²) in [6, 6.07) is 0. The highest BCUT2D eigenvalue weighted by Gasteiger charge is 2.25. The van der Waals surface area contributed by atoms with Gasteiger partial charge in [0.25, 0.3) is 0 Å². The number of primary sulfonamides is 1. The van der Waals surface area contributed by atoms with Crippen LogP contribution < -0.4 is 5.14 Å². The maximum atomic E-state index is 11.0. The zero-order valence-corrected chi connectivity index (χ0v) is 12.3. The Morgan fingerprint density at radius 2 is 2.16 bits per heavy atom. The first-order valence-corrected chi connectivity index (χ1v) is 8.31. The maximum Gasteiger partial charge on any atom is 0.323 e. The maximum absolute atomic E-state index is 11.0. The molecule has 10 heteroatoms. The van der Waals surface area contributed by atoms with Gasteiger partial charge < -0.3 is 0 Å². The number of nitro groups is 1. The minimum absolute atomic E-state index is 0.0622. The Balaban J connectivity index is 2.98. The number of sulfonamides is 1. The summed E-state index contributed by atoms with van der Waals surface area (Å²) in [7, 11) is -3.57. The van der Waals surface area contributed by atoms with E-state index in [-0.39, 0.29) is 17.2 Å². The van der Waals surface area contributed by atoms with E-state index in [4.69, 9.17) is 5.14 Å². The molecule has 8 nitrogen and oxygen atoms in total. The molecular weight excluding hydrogens is 292 g/mol. The number of nitrogens with two attached hydrogens (primary N) is 1. The molecule has 2 N–H and O–H groups in total. The molecule has 0 unspecified atom stereocenters. The second-order valence-corrected chi connectivity index (χ2v) is 6.75. The molecule has 1 rings (SSSR count). The molecule has 0 saturated carbocycles. The first kappa shape index (κ1) is 15.9. The molecule has 0 bridgehead atoms. The molecule has 0 spiro atoms. The van der Waals surface area contributed by atoms with Crippen LogP contribution in [0.2, 0.25) is 0 Å². The Bertz CT molecular complexity index is 567. The van der Waals surface area contributed by atoms with Crippen LogP contribution in [-0.2, 0) is 16.6 Å². The van der Waals surface area contributed by atoms with Crippen molar-refractivity contribution in [2.24, 2.45) is 5.14 Å². The summed E-state index contributed by atoms with van der Waals surface area (Å²) in [6.45, 7) is 4.04. The number of aromatic nitrogens is 2. The molecule has 0 atom stereocenters. The van der Waals surface area contributed by atoms with Crippen molar-refractivity contribution in [1.29, 1.82) is 0 Å². The highest BCUT2D eigenvalue weighted by Crippen LogP contribution is 2.32. The molecule has 0 saturated heterocycles. The van der Waals surface area contributed by atoms with Crippen molar-refractivity contribution >= 4 is 27.5 Å². The van der Waals surface area contributed by atoms with Gasteiger partial charge in [0.15, 0.2) is 5.03 Å². The van der Waals surface area contributed by atoms with Gasteiger partial charge in [0, 0.05) is 12.3 Å². The van der Waals surface area contributed by atoms with Crippen molar-refractivity contribution in [3.63, 3.8) is 0 Å². The van der Waals surface area contributed by atoms with Crippen molar-refractivity contribution in [3.05, 3.63) is 15.8 Å². The lowest BCUT2D eigenvalue weighted by Crippen LogP contribution is -2.18. The highest BCUT2D eigenvalue weighted by atomic mass is 32.2. The summed E-state index contributed by atoms with van der Waals surface area (Å²) in [6.07, 6.45) is 0.779. The molecule has 108 valence electrons. The van der Waals surface area contributed by atoms with Gasteiger partial charge in [-0.25, -0.2) is 13.6 Å². The predicted molar refractivity (Wildman–Crippen MR) is 72.6 cm³/mol. The lowest BCUT2D eigenvalue weighted by atomic mass is 10.4. The largest absolute Gasteiger partial charge is 0.323 e. The van der Waals surface area contributed by atoms with Crippen molar-refractivity contribution in [3.8, 4) is 0 Å². The summed E-state index contributed by atoms with van der Waals surface area (Å²) in [5.41, 5.74) is 0.268. The summed E-state index contributed by atoms with van der Waals surface area (Å²) in [4.78, 5) is 10.5. The van der Waals surface area contributed by atoms with Gasteiger partial charge in [-0.2, -0.15) is 5.10 Å². The second-order valence-electron chi connectivity index (χ2n) is 3.93. The van der Waals surface area contributed by atoms with Gasteiger partial charge in [0.05, 0.1) is 10.7 Å². The van der Waals surface area contributed by atoms with Crippen LogP contribution >= 0.6 is 11.8 Å². The van der Waals surface area contributed by atoms with Crippen LogP contribution in [0.4, 0.5) is 5.69 Å². The Morgan fingerprint density at radius 1 is 1.53 bits per heavy atom. The molecule has 0 aliphatic rings. The minimum Gasteiger partial charge on any atom is -0.258 e. The van der Waals surface area contributed by atoms with E-state index in [9.17, 15) is 18.5 Å².